The Hall–Kier alpha value is -3.42. The molecule has 16 atom stereocenters. The van der Waals surface area contributed by atoms with E-state index in [4.69, 9.17) is 55.9 Å². The average Bonchev–Trinajstić information content (AvgIpc) is 0.748. The molecule has 0 aromatic heterocycles. The Morgan fingerprint density at radius 3 is 1.90 bits per heavy atom. The van der Waals surface area contributed by atoms with Crippen molar-refractivity contribution in [2.24, 2.45) is 29.6 Å². The van der Waals surface area contributed by atoms with E-state index in [1.807, 2.05) is 34.6 Å². The Bertz CT molecular complexity index is 2960. The van der Waals surface area contributed by atoms with Crippen molar-refractivity contribution in [3.8, 4) is 0 Å². The number of carbonyl (C=O) groups excluding carboxylic acids is 3. The Morgan fingerprint density at radius 2 is 1.34 bits per heavy atom. The van der Waals surface area contributed by atoms with Gasteiger partial charge in [-0.3, -0.25) is 9.69 Å². The fourth-order valence-corrected chi connectivity index (χ4v) is 22.7. The molecular formula is C80H133NO15Si3. The van der Waals surface area contributed by atoms with Gasteiger partial charge in [0.2, 0.25) is 0 Å². The molecule has 0 N–H and O–H groups in total. The molecule has 0 bridgehead atoms. The number of benzene rings is 2. The molecule has 2 aromatic carbocycles. The number of ketones is 1. The van der Waals surface area contributed by atoms with Crippen LogP contribution >= 0.6 is 0 Å². The van der Waals surface area contributed by atoms with Gasteiger partial charge in [0.1, 0.15) is 30.5 Å². The summed E-state index contributed by atoms with van der Waals surface area (Å²) >= 11 is 0. The molecule has 4 heterocycles. The third kappa shape index (κ3) is 20.6. The van der Waals surface area contributed by atoms with Crippen LogP contribution in [0.3, 0.4) is 0 Å². The van der Waals surface area contributed by atoms with Crippen molar-refractivity contribution in [3.05, 3.63) is 84.0 Å². The highest BCUT2D eigenvalue weighted by Crippen LogP contribution is 2.49. The molecule has 2 aromatic rings. The van der Waals surface area contributed by atoms with Crippen LogP contribution in [0.25, 0.3) is 0 Å². The predicted molar refractivity (Wildman–Crippen MR) is 402 cm³/mol. The van der Waals surface area contributed by atoms with Crippen LogP contribution in [0, 0.1) is 29.6 Å². The number of hydrogen-bond acceptors (Lipinski definition) is 15. The molecule has 99 heavy (non-hydrogen) atoms. The van der Waals surface area contributed by atoms with Gasteiger partial charge in [-0.1, -0.05) is 161 Å². The fourth-order valence-electron chi connectivity index (χ4n) is 15.6. The summed E-state index contributed by atoms with van der Waals surface area (Å²) in [5.41, 5.74) is 1.20. The Balaban J connectivity index is 1.16. The van der Waals surface area contributed by atoms with E-state index in [-0.39, 0.29) is 101 Å². The summed E-state index contributed by atoms with van der Waals surface area (Å²) in [7, 11) is -2.01. The maximum atomic E-state index is 15.1. The Morgan fingerprint density at radius 1 is 0.737 bits per heavy atom. The minimum atomic E-state index is -2.92. The van der Waals surface area contributed by atoms with E-state index in [2.05, 4.69) is 196 Å². The number of allylic oxidation sites excluding steroid dienone is 2. The van der Waals surface area contributed by atoms with Crippen LogP contribution in [0.2, 0.25) is 41.3 Å². The molecule has 1 aliphatic carbocycles. The number of piperidine rings is 1. The molecule has 19 heteroatoms. The summed E-state index contributed by atoms with van der Waals surface area (Å²) in [6, 6.07) is 20.7. The first kappa shape index (κ1) is 82.9. The van der Waals surface area contributed by atoms with Crippen molar-refractivity contribution in [3.63, 3.8) is 0 Å². The molecule has 16 nitrogen and oxygen atoms in total. The molecule has 0 unspecified atom stereocenters. The first-order valence-corrected chi connectivity index (χ1v) is 45.1. The maximum Gasteiger partial charge on any atom is 0.411 e. The summed E-state index contributed by atoms with van der Waals surface area (Å²) in [6.07, 6.45) is 7.65. The monoisotopic (exact) mass is 1430 g/mol. The summed E-state index contributed by atoms with van der Waals surface area (Å²) in [5, 5.41) is 2.24. The average molecular weight is 1430 g/mol. The Kier molecular flexibility index (Phi) is 27.9. The molecule has 1 spiro atoms. The van der Waals surface area contributed by atoms with Crippen LogP contribution in [0.1, 0.15) is 202 Å². The van der Waals surface area contributed by atoms with Crippen molar-refractivity contribution < 1.29 is 70.3 Å². The van der Waals surface area contributed by atoms with E-state index in [1.165, 1.54) is 10.4 Å². The van der Waals surface area contributed by atoms with E-state index in [0.717, 1.165) is 43.3 Å². The summed E-state index contributed by atoms with van der Waals surface area (Å²) in [5.74, 6) is -3.56. The lowest BCUT2D eigenvalue weighted by Crippen LogP contribution is -2.68. The molecule has 7 rings (SSSR count). The molecule has 1 saturated carbocycles. The van der Waals surface area contributed by atoms with Crippen LogP contribution in [-0.2, 0) is 65.5 Å². The fraction of sp³-hybridized carbons (Fsp3) is 0.762. The zero-order valence-corrected chi connectivity index (χ0v) is 69.1. The van der Waals surface area contributed by atoms with Gasteiger partial charge in [-0.05, 0) is 181 Å². The number of likely N-dealkylation sites (tertiary alicyclic amines) is 1. The van der Waals surface area contributed by atoms with Gasteiger partial charge in [-0.25, -0.2) is 9.59 Å². The van der Waals surface area contributed by atoms with Gasteiger partial charge in [-0.15, -0.1) is 0 Å². The van der Waals surface area contributed by atoms with Gasteiger partial charge in [-0.2, -0.15) is 0 Å². The number of amides is 1. The first-order valence-electron chi connectivity index (χ1n) is 37.3. The molecule has 5 aliphatic rings. The van der Waals surface area contributed by atoms with Crippen molar-refractivity contribution in [1.29, 1.82) is 0 Å². The van der Waals surface area contributed by atoms with Gasteiger partial charge in [0, 0.05) is 52.6 Å². The number of carbonyl (C=O) groups is 3. The standard InChI is InChI=1S/C80H133NO15Si3/c1-53(43-54(2)45-66(86-21)72-67(87-22)47-56(4)71(90-72)69(94-98(25,26)77(12,13)14)52-89-97(23,24)76(9,10)11)44-59-49-60(82)51-88-80(59)50-68(92-79(18,19)96-80)57(5)70(91-73(83)63-39-33-34-42-81(63)74(84)93-75(6,7)8)55(3)46-58-40-41-64(65(48-58)85-20)95-99(78(15,16)17,61-35-29-27-30-36-61)62-37-31-28-32-38-62/h27-32,35-38,44,46,54,56-59,63-72H,33-34,39-43,45,47-52H2,1-26H3/b53-44+,55-46+/t54-,56+,57+,58-,59-,63-,64+,65+,66-,67-,68-,69-,70+,71+,72+,80+/m0/s1. The highest BCUT2D eigenvalue weighted by atomic mass is 28.4. The minimum absolute atomic E-state index is 0.0114. The second kappa shape index (κ2) is 33.4. The van der Waals surface area contributed by atoms with Crippen LogP contribution in [0.5, 0.6) is 0 Å². The number of nitrogens with zero attached hydrogens (tertiary/aromatic N) is 1. The number of ether oxygens (including phenoxy) is 9. The molecule has 4 saturated heterocycles. The van der Waals surface area contributed by atoms with E-state index in [9.17, 15) is 9.59 Å². The maximum absolute atomic E-state index is 15.1. The Labute approximate surface area is 601 Å². The zero-order chi connectivity index (χ0) is 73.6. The summed E-state index contributed by atoms with van der Waals surface area (Å²) in [4.78, 5) is 44.3. The lowest BCUT2D eigenvalue weighted by Gasteiger charge is -2.53. The lowest BCUT2D eigenvalue weighted by molar-refractivity contribution is -0.419. The van der Waals surface area contributed by atoms with Crippen LogP contribution in [0.4, 0.5) is 4.79 Å². The molecule has 4 aliphatic heterocycles. The largest absolute Gasteiger partial charge is 0.456 e. The van der Waals surface area contributed by atoms with Gasteiger partial charge in [0.05, 0.1) is 49.3 Å². The number of rotatable bonds is 25. The molecular weight excluding hydrogens is 1300 g/mol. The van der Waals surface area contributed by atoms with E-state index < -0.39 is 84.3 Å². The highest BCUT2D eigenvalue weighted by molar-refractivity contribution is 6.99. The number of methoxy groups -OCH3 is 3. The normalized spacial score (nSPS) is 29.0. The van der Waals surface area contributed by atoms with E-state index in [0.29, 0.717) is 38.8 Å². The van der Waals surface area contributed by atoms with Crippen molar-refractivity contribution >= 4 is 53.2 Å². The molecule has 5 fully saturated rings. The number of Topliss-reactive ketones (excluding diaryl/α,β-unsaturated/α-hetero) is 1. The van der Waals surface area contributed by atoms with Crippen LogP contribution < -0.4 is 10.4 Å². The second-order valence-electron chi connectivity index (χ2n) is 35.7. The molecule has 0 radical (unpaired) electrons. The van der Waals surface area contributed by atoms with Crippen molar-refractivity contribution in [2.45, 2.75) is 322 Å². The number of esters is 1. The zero-order valence-electron chi connectivity index (χ0n) is 66.1. The lowest BCUT2D eigenvalue weighted by atomic mass is 9.78. The second-order valence-corrected chi connectivity index (χ2v) is 49.5. The third-order valence-corrected chi connectivity index (χ3v) is 37.0. The highest BCUT2D eigenvalue weighted by Gasteiger charge is 2.57. The topological polar surface area (TPSA) is 165 Å². The van der Waals surface area contributed by atoms with Gasteiger partial charge >= 0.3 is 12.1 Å². The summed E-state index contributed by atoms with van der Waals surface area (Å²) < 4.78 is 82.2. The van der Waals surface area contributed by atoms with Gasteiger partial charge in [0.25, 0.3) is 8.32 Å². The molecule has 560 valence electrons. The van der Waals surface area contributed by atoms with Crippen molar-refractivity contribution in [2.75, 3.05) is 41.1 Å². The quantitative estimate of drug-likeness (QED) is 0.0523. The predicted octanol–water partition coefficient (Wildman–Crippen LogP) is 16.5. The van der Waals surface area contributed by atoms with Gasteiger partial charge in [0.15, 0.2) is 34.0 Å². The van der Waals surface area contributed by atoms with Gasteiger partial charge < -0.3 is 55.9 Å². The van der Waals surface area contributed by atoms with Crippen molar-refractivity contribution in [1.82, 2.24) is 4.90 Å². The first-order chi connectivity index (χ1) is 45.9. The summed E-state index contributed by atoms with van der Waals surface area (Å²) in [6.45, 7) is 50.6. The molecule has 1 amide bonds. The number of hydrogen-bond donors (Lipinski definition) is 0. The SMILES string of the molecule is CO[C@@H](C[C@@H](C)C/C(C)=C/[C@H]1CC(=O)CO[C@@]12C[C@@H]([C@@H](C)[C@H](OC(=O)[C@@H]1CCCCN1C(=O)OC(C)(C)C)/C(C)=C/[C@@H]1CC[C@@H](O[Si](c3ccccc3)(c3ccccc3)C(C)(C)C)[C@H](OC)C1)OC(C)(C)O2)[C@H]1O[C@@H]([C@H](CO[Si](C)(C)C(C)(C)C)O[Si](C)(C)C(C)(C)C)[C@H](C)C[C@@H]1OC. The minimum Gasteiger partial charge on any atom is -0.456 e. The smallest absolute Gasteiger partial charge is 0.411 e. The third-order valence-electron chi connectivity index (χ3n) is 22.9. The van der Waals surface area contributed by atoms with Crippen LogP contribution in [0.15, 0.2) is 84.0 Å². The van der Waals surface area contributed by atoms with E-state index in [1.54, 1.807) is 26.2 Å². The van der Waals surface area contributed by atoms with Crippen LogP contribution in [-0.4, -0.2) is 167 Å². The van der Waals surface area contributed by atoms with E-state index >= 15 is 4.79 Å².